The Bertz CT molecular complexity index is 1330. The second kappa shape index (κ2) is 57.2. The van der Waals surface area contributed by atoms with Crippen molar-refractivity contribution in [1.29, 1.82) is 0 Å². The van der Waals surface area contributed by atoms with Crippen LogP contribution in [0.1, 0.15) is 278 Å². The predicted octanol–water partition coefficient (Wildman–Crippen LogP) is 19.5. The van der Waals surface area contributed by atoms with Crippen molar-refractivity contribution >= 4 is 17.9 Å². The van der Waals surface area contributed by atoms with Crippen LogP contribution in [0.15, 0.2) is 85.1 Å². The number of carbonyl (C=O) groups is 3. The number of hydrogen-bond acceptors (Lipinski definition) is 6. The van der Waals surface area contributed by atoms with Crippen LogP contribution in [0, 0.1) is 0 Å². The molecule has 0 bridgehead atoms. The molecule has 0 aromatic carbocycles. The van der Waals surface area contributed by atoms with Gasteiger partial charge in [0.1, 0.15) is 13.2 Å². The third-order valence-electron chi connectivity index (χ3n) is 12.4. The summed E-state index contributed by atoms with van der Waals surface area (Å²) in [5.41, 5.74) is 0. The van der Waals surface area contributed by atoms with Gasteiger partial charge in [-0.2, -0.15) is 0 Å². The van der Waals surface area contributed by atoms with E-state index in [1.165, 1.54) is 122 Å². The summed E-state index contributed by atoms with van der Waals surface area (Å²) in [4.78, 5) is 38.1. The van der Waals surface area contributed by atoms with E-state index in [0.29, 0.717) is 19.3 Å². The van der Waals surface area contributed by atoms with Gasteiger partial charge >= 0.3 is 17.9 Å². The highest BCUT2D eigenvalue weighted by Gasteiger charge is 2.19. The first kappa shape index (κ1) is 65.6. The zero-order valence-corrected chi connectivity index (χ0v) is 45.3. The van der Waals surface area contributed by atoms with E-state index in [1.807, 2.05) is 0 Å². The lowest BCUT2D eigenvalue weighted by molar-refractivity contribution is -0.167. The SMILES string of the molecule is CC/C=C\C/C=C\C/C=C\C/C=C\C/C=C\CCCC(=O)OC(COC(=O)CCCCCCC/C=C\C/C=C\CCC)COC(=O)CCCCCCCCCCCCCCCCCCCCCCC. The molecule has 0 aliphatic rings. The lowest BCUT2D eigenvalue weighted by Crippen LogP contribution is -2.30. The molecule has 0 spiro atoms. The summed E-state index contributed by atoms with van der Waals surface area (Å²) >= 11 is 0. The second-order valence-corrected chi connectivity index (χ2v) is 19.2. The molecule has 0 aliphatic heterocycles. The van der Waals surface area contributed by atoms with Gasteiger partial charge < -0.3 is 14.2 Å². The third-order valence-corrected chi connectivity index (χ3v) is 12.4. The van der Waals surface area contributed by atoms with E-state index in [9.17, 15) is 14.4 Å². The van der Waals surface area contributed by atoms with E-state index in [1.54, 1.807) is 0 Å². The molecule has 0 aliphatic carbocycles. The molecule has 0 rings (SSSR count). The Morgan fingerprint density at radius 1 is 0.304 bits per heavy atom. The Kier molecular flexibility index (Phi) is 54.3. The van der Waals surface area contributed by atoms with Crippen LogP contribution in [0.3, 0.4) is 0 Å². The van der Waals surface area contributed by atoms with E-state index in [0.717, 1.165) is 109 Å². The van der Waals surface area contributed by atoms with Crippen molar-refractivity contribution in [2.75, 3.05) is 13.2 Å². The highest BCUT2D eigenvalue weighted by molar-refractivity contribution is 5.71. The largest absolute Gasteiger partial charge is 0.462 e. The minimum Gasteiger partial charge on any atom is -0.462 e. The van der Waals surface area contributed by atoms with Gasteiger partial charge in [0.15, 0.2) is 6.10 Å². The lowest BCUT2D eigenvalue weighted by atomic mass is 10.0. The van der Waals surface area contributed by atoms with Crippen LogP contribution in [0.4, 0.5) is 0 Å². The molecular formula is C63H108O6. The second-order valence-electron chi connectivity index (χ2n) is 19.2. The normalized spacial score (nSPS) is 12.7. The van der Waals surface area contributed by atoms with E-state index in [4.69, 9.17) is 14.2 Å². The fourth-order valence-electron chi connectivity index (χ4n) is 8.05. The van der Waals surface area contributed by atoms with Crippen LogP contribution in [-0.4, -0.2) is 37.2 Å². The van der Waals surface area contributed by atoms with Crippen molar-refractivity contribution in [2.45, 2.75) is 284 Å². The number of allylic oxidation sites excluding steroid dienone is 14. The average molecular weight is 962 g/mol. The van der Waals surface area contributed by atoms with Crippen LogP contribution in [0.5, 0.6) is 0 Å². The standard InChI is InChI=1S/C63H108O6/c1-4-7-10-13-16-19-22-25-27-29-30-31-32-34-35-38-41-44-47-50-53-56-62(65)68-59-60(58-67-61(64)55-52-49-46-43-40-37-24-21-18-15-12-9-6-3)69-63(66)57-54-51-48-45-42-39-36-33-28-26-23-20-17-14-11-8-5-2/h8,11-12,15,17,20-21,24,26,28,36,39,45,48,60H,4-7,9-10,13-14,16,18-19,22-23,25,27,29-35,37-38,40-44,46-47,49-59H2,1-3H3/b11-8-,15-12-,20-17-,24-21-,28-26-,39-36-,48-45-. The number of unbranched alkanes of at least 4 members (excludes halogenated alkanes) is 27. The molecule has 0 N–H and O–H groups in total. The molecule has 6 nitrogen and oxygen atoms in total. The van der Waals surface area contributed by atoms with Gasteiger partial charge in [-0.15, -0.1) is 0 Å². The maximum atomic E-state index is 12.8. The zero-order valence-electron chi connectivity index (χ0n) is 45.3. The molecule has 1 unspecified atom stereocenters. The molecule has 0 aromatic rings. The monoisotopic (exact) mass is 961 g/mol. The number of carbonyl (C=O) groups excluding carboxylic acids is 3. The highest BCUT2D eigenvalue weighted by Crippen LogP contribution is 2.16. The van der Waals surface area contributed by atoms with Gasteiger partial charge in [0, 0.05) is 19.3 Å². The summed E-state index contributed by atoms with van der Waals surface area (Å²) in [7, 11) is 0. The average Bonchev–Trinajstić information content (AvgIpc) is 3.35. The molecule has 6 heteroatoms. The third kappa shape index (κ3) is 55.4. The Labute approximate surface area is 426 Å². The fourth-order valence-corrected chi connectivity index (χ4v) is 8.05. The van der Waals surface area contributed by atoms with Gasteiger partial charge in [0.25, 0.3) is 0 Å². The van der Waals surface area contributed by atoms with Crippen molar-refractivity contribution in [2.24, 2.45) is 0 Å². The van der Waals surface area contributed by atoms with Crippen molar-refractivity contribution in [3.05, 3.63) is 85.1 Å². The van der Waals surface area contributed by atoms with Gasteiger partial charge in [-0.05, 0) is 83.5 Å². The summed E-state index contributed by atoms with van der Waals surface area (Å²) < 4.78 is 16.8. The summed E-state index contributed by atoms with van der Waals surface area (Å²) in [5, 5.41) is 0. The molecule has 0 fully saturated rings. The van der Waals surface area contributed by atoms with Crippen LogP contribution in [-0.2, 0) is 28.6 Å². The first-order chi connectivity index (χ1) is 34.0. The van der Waals surface area contributed by atoms with Gasteiger partial charge in [0.05, 0.1) is 0 Å². The summed E-state index contributed by atoms with van der Waals surface area (Å²) in [6.07, 6.45) is 74.5. The van der Waals surface area contributed by atoms with Gasteiger partial charge in [0.2, 0.25) is 0 Å². The number of esters is 3. The summed E-state index contributed by atoms with van der Waals surface area (Å²) in [5.74, 6) is -0.969. The van der Waals surface area contributed by atoms with Gasteiger partial charge in [-0.25, -0.2) is 0 Å². The predicted molar refractivity (Wildman–Crippen MR) is 297 cm³/mol. The number of rotatable bonds is 52. The first-order valence-corrected chi connectivity index (χ1v) is 29.1. The van der Waals surface area contributed by atoms with Crippen LogP contribution < -0.4 is 0 Å². The Hall–Kier alpha value is -3.41. The Balaban J connectivity index is 4.40. The van der Waals surface area contributed by atoms with Crippen molar-refractivity contribution in [3.63, 3.8) is 0 Å². The molecule has 69 heavy (non-hydrogen) atoms. The summed E-state index contributed by atoms with van der Waals surface area (Å²) in [6.45, 7) is 6.42. The Morgan fingerprint density at radius 2 is 0.609 bits per heavy atom. The smallest absolute Gasteiger partial charge is 0.306 e. The minimum atomic E-state index is -0.811. The molecular weight excluding hydrogens is 853 g/mol. The van der Waals surface area contributed by atoms with E-state index in [2.05, 4.69) is 106 Å². The summed E-state index contributed by atoms with van der Waals surface area (Å²) in [6, 6.07) is 0. The van der Waals surface area contributed by atoms with Crippen LogP contribution in [0.2, 0.25) is 0 Å². The highest BCUT2D eigenvalue weighted by atomic mass is 16.6. The number of ether oxygens (including phenoxy) is 3. The maximum absolute atomic E-state index is 12.8. The van der Waals surface area contributed by atoms with Crippen LogP contribution >= 0.6 is 0 Å². The molecule has 1 atom stereocenters. The minimum absolute atomic E-state index is 0.102. The van der Waals surface area contributed by atoms with Crippen molar-refractivity contribution < 1.29 is 28.6 Å². The van der Waals surface area contributed by atoms with E-state index >= 15 is 0 Å². The molecule has 0 radical (unpaired) electrons. The van der Waals surface area contributed by atoms with Gasteiger partial charge in [-0.3, -0.25) is 14.4 Å². The molecule has 0 aromatic heterocycles. The molecule has 0 amide bonds. The lowest BCUT2D eigenvalue weighted by Gasteiger charge is -2.18. The number of hydrogen-bond donors (Lipinski definition) is 0. The van der Waals surface area contributed by atoms with Crippen LogP contribution in [0.25, 0.3) is 0 Å². The first-order valence-electron chi connectivity index (χ1n) is 29.1. The topological polar surface area (TPSA) is 78.9 Å². The van der Waals surface area contributed by atoms with Gasteiger partial charge in [-0.1, -0.05) is 260 Å². The molecule has 0 saturated heterocycles. The molecule has 396 valence electrons. The molecule has 0 saturated carbocycles. The fraction of sp³-hybridized carbons (Fsp3) is 0.730. The quantitative estimate of drug-likeness (QED) is 0.0262. The Morgan fingerprint density at radius 3 is 0.986 bits per heavy atom. The molecule has 0 heterocycles. The van der Waals surface area contributed by atoms with E-state index in [-0.39, 0.29) is 37.5 Å². The van der Waals surface area contributed by atoms with E-state index < -0.39 is 6.10 Å². The van der Waals surface area contributed by atoms with Crippen molar-refractivity contribution in [1.82, 2.24) is 0 Å². The zero-order chi connectivity index (χ0) is 50.0. The van der Waals surface area contributed by atoms with Crippen molar-refractivity contribution in [3.8, 4) is 0 Å². The maximum Gasteiger partial charge on any atom is 0.306 e.